The fourth-order valence-electron chi connectivity index (χ4n) is 1.59. The van der Waals surface area contributed by atoms with E-state index >= 15 is 0 Å². The second-order valence-corrected chi connectivity index (χ2v) is 6.43. The van der Waals surface area contributed by atoms with Crippen molar-refractivity contribution in [1.29, 1.82) is 5.26 Å². The van der Waals surface area contributed by atoms with Crippen molar-refractivity contribution in [2.75, 3.05) is 0 Å². The van der Waals surface area contributed by atoms with Gasteiger partial charge in [-0.05, 0) is 52.2 Å². The van der Waals surface area contributed by atoms with Gasteiger partial charge in [0, 0.05) is 6.54 Å². The number of amides is 1. The molecule has 1 aromatic carbocycles. The molecule has 0 saturated carbocycles. The van der Waals surface area contributed by atoms with Crippen LogP contribution in [0, 0.1) is 18.3 Å². The monoisotopic (exact) mass is 334 g/mol. The molecular weight excluding hydrogens is 324 g/mol. The van der Waals surface area contributed by atoms with E-state index in [1.165, 1.54) is 11.3 Å². The van der Waals surface area contributed by atoms with Crippen molar-refractivity contribution in [1.82, 2.24) is 5.32 Å². The number of nitrogens with one attached hydrogen (secondary N) is 1. The van der Waals surface area contributed by atoms with Gasteiger partial charge in [-0.3, -0.25) is 4.79 Å². The number of carbonyl (C=O) groups is 1. The highest BCUT2D eigenvalue weighted by atomic mass is 79.9. The number of nitrogens with zero attached hydrogens (tertiary/aromatic N) is 1. The van der Waals surface area contributed by atoms with Gasteiger partial charge in [0.25, 0.3) is 5.91 Å². The smallest absolute Gasteiger partial charge is 0.261 e. The van der Waals surface area contributed by atoms with Gasteiger partial charge in [0.2, 0.25) is 0 Å². The maximum Gasteiger partial charge on any atom is 0.261 e. The van der Waals surface area contributed by atoms with E-state index < -0.39 is 0 Å². The van der Waals surface area contributed by atoms with Crippen LogP contribution in [0.2, 0.25) is 0 Å². The average Bonchev–Trinajstić information content (AvgIpc) is 2.76. The average molecular weight is 335 g/mol. The molecule has 19 heavy (non-hydrogen) atoms. The molecule has 1 amide bonds. The third-order valence-electron chi connectivity index (χ3n) is 2.59. The van der Waals surface area contributed by atoms with Crippen LogP contribution in [0.1, 0.15) is 26.4 Å². The minimum absolute atomic E-state index is 0.0961. The third-order valence-corrected chi connectivity index (χ3v) is 4.73. The molecule has 0 spiro atoms. The molecule has 3 nitrogen and oxygen atoms in total. The summed E-state index contributed by atoms with van der Waals surface area (Å²) in [4.78, 5) is 12.6. The number of carbonyl (C=O) groups excluding carboxylic acids is 1. The molecule has 96 valence electrons. The van der Waals surface area contributed by atoms with Crippen molar-refractivity contribution in [2.45, 2.75) is 13.5 Å². The zero-order chi connectivity index (χ0) is 13.8. The van der Waals surface area contributed by atoms with Gasteiger partial charge in [-0.1, -0.05) is 12.1 Å². The van der Waals surface area contributed by atoms with Crippen LogP contribution in [-0.4, -0.2) is 5.91 Å². The first-order valence-corrected chi connectivity index (χ1v) is 7.24. The lowest BCUT2D eigenvalue weighted by Crippen LogP contribution is -2.21. The molecule has 0 atom stereocenters. The van der Waals surface area contributed by atoms with Gasteiger partial charge in [-0.2, -0.15) is 5.26 Å². The van der Waals surface area contributed by atoms with E-state index in [1.54, 1.807) is 12.1 Å². The molecule has 0 radical (unpaired) electrons. The Bertz CT molecular complexity index is 638. The Kier molecular flexibility index (Phi) is 4.35. The lowest BCUT2D eigenvalue weighted by atomic mass is 10.1. The first kappa shape index (κ1) is 13.8. The van der Waals surface area contributed by atoms with E-state index in [0.717, 1.165) is 14.9 Å². The minimum Gasteiger partial charge on any atom is -0.347 e. The van der Waals surface area contributed by atoms with Gasteiger partial charge >= 0.3 is 0 Å². The zero-order valence-electron chi connectivity index (χ0n) is 10.2. The Morgan fingerprint density at radius 1 is 1.47 bits per heavy atom. The number of rotatable bonds is 3. The van der Waals surface area contributed by atoms with Gasteiger partial charge in [0.15, 0.2) is 0 Å². The second kappa shape index (κ2) is 6.00. The maximum absolute atomic E-state index is 12.0. The summed E-state index contributed by atoms with van der Waals surface area (Å²) < 4.78 is 0.976. The first-order valence-electron chi connectivity index (χ1n) is 5.63. The molecule has 0 saturated heterocycles. The van der Waals surface area contributed by atoms with Gasteiger partial charge in [-0.15, -0.1) is 11.3 Å². The fourth-order valence-corrected chi connectivity index (χ4v) is 3.04. The van der Waals surface area contributed by atoms with Crippen LogP contribution in [0.3, 0.4) is 0 Å². The van der Waals surface area contributed by atoms with Gasteiger partial charge in [-0.25, -0.2) is 0 Å². The van der Waals surface area contributed by atoms with Gasteiger partial charge in [0.1, 0.15) is 0 Å². The van der Waals surface area contributed by atoms with Crippen molar-refractivity contribution in [3.63, 3.8) is 0 Å². The lowest BCUT2D eigenvalue weighted by molar-refractivity contribution is 0.0955. The van der Waals surface area contributed by atoms with Gasteiger partial charge < -0.3 is 5.32 Å². The summed E-state index contributed by atoms with van der Waals surface area (Å²) in [6, 6.07) is 11.1. The standard InChI is InChI=1S/C14H11BrN2OS/c1-9-5-12(19-13(9)15)14(18)17-8-11-4-2-3-10(6-11)7-16/h2-6H,8H2,1H3,(H,17,18). The molecule has 2 rings (SSSR count). The highest BCUT2D eigenvalue weighted by Crippen LogP contribution is 2.27. The van der Waals surface area contributed by atoms with Crippen LogP contribution >= 0.6 is 27.3 Å². The Hall–Kier alpha value is -1.64. The largest absolute Gasteiger partial charge is 0.347 e. The summed E-state index contributed by atoms with van der Waals surface area (Å²) in [5.41, 5.74) is 2.57. The third kappa shape index (κ3) is 3.43. The number of aryl methyl sites for hydroxylation is 1. The highest BCUT2D eigenvalue weighted by molar-refractivity contribution is 9.11. The molecule has 0 bridgehead atoms. The number of halogens is 1. The Morgan fingerprint density at radius 2 is 2.26 bits per heavy atom. The number of benzene rings is 1. The summed E-state index contributed by atoms with van der Waals surface area (Å²) in [7, 11) is 0. The number of nitriles is 1. The van der Waals surface area contributed by atoms with Crippen LogP contribution < -0.4 is 5.32 Å². The molecule has 0 fully saturated rings. The predicted molar refractivity (Wildman–Crippen MR) is 79.1 cm³/mol. The summed E-state index contributed by atoms with van der Waals surface area (Å²) >= 11 is 4.82. The topological polar surface area (TPSA) is 52.9 Å². The van der Waals surface area contributed by atoms with Crippen molar-refractivity contribution >= 4 is 33.2 Å². The fraction of sp³-hybridized carbons (Fsp3) is 0.143. The first-order chi connectivity index (χ1) is 9.10. The molecule has 1 N–H and O–H groups in total. The Labute approximate surface area is 124 Å². The number of hydrogen-bond donors (Lipinski definition) is 1. The van der Waals surface area contributed by atoms with Crippen LogP contribution in [0.25, 0.3) is 0 Å². The number of thiophene rings is 1. The van der Waals surface area contributed by atoms with Crippen LogP contribution in [0.15, 0.2) is 34.1 Å². The molecule has 1 heterocycles. The Balaban J connectivity index is 2.02. The van der Waals surface area contributed by atoms with E-state index in [1.807, 2.05) is 25.1 Å². The molecule has 0 unspecified atom stereocenters. The molecule has 0 aliphatic carbocycles. The van der Waals surface area contributed by atoms with E-state index in [9.17, 15) is 4.79 Å². The molecule has 0 aliphatic heterocycles. The molecule has 1 aromatic heterocycles. The van der Waals surface area contributed by atoms with Crippen LogP contribution in [0.4, 0.5) is 0 Å². The van der Waals surface area contributed by atoms with E-state index in [0.29, 0.717) is 17.0 Å². The zero-order valence-corrected chi connectivity index (χ0v) is 12.6. The van der Waals surface area contributed by atoms with Crippen LogP contribution in [0.5, 0.6) is 0 Å². The summed E-state index contributed by atoms with van der Waals surface area (Å²) in [6.45, 7) is 2.37. The van der Waals surface area contributed by atoms with Crippen LogP contribution in [-0.2, 0) is 6.54 Å². The molecule has 5 heteroatoms. The normalized spacial score (nSPS) is 9.95. The molecule has 2 aromatic rings. The van der Waals surface area contributed by atoms with Crippen molar-refractivity contribution in [3.8, 4) is 6.07 Å². The molecule has 0 aliphatic rings. The molecular formula is C14H11BrN2OS. The second-order valence-electron chi connectivity index (χ2n) is 4.06. The predicted octanol–water partition coefficient (Wildman–Crippen LogP) is 3.62. The lowest BCUT2D eigenvalue weighted by Gasteiger charge is -2.03. The minimum atomic E-state index is -0.0961. The number of hydrogen-bond acceptors (Lipinski definition) is 3. The van der Waals surface area contributed by atoms with Crippen molar-refractivity contribution < 1.29 is 4.79 Å². The Morgan fingerprint density at radius 3 is 2.89 bits per heavy atom. The van der Waals surface area contributed by atoms with E-state index in [2.05, 4.69) is 27.3 Å². The highest BCUT2D eigenvalue weighted by Gasteiger charge is 2.10. The quantitative estimate of drug-likeness (QED) is 0.931. The van der Waals surface area contributed by atoms with Gasteiger partial charge in [0.05, 0.1) is 20.3 Å². The van der Waals surface area contributed by atoms with Crippen molar-refractivity contribution in [3.05, 3.63) is 55.7 Å². The summed E-state index contributed by atoms with van der Waals surface area (Å²) in [6.07, 6.45) is 0. The van der Waals surface area contributed by atoms with E-state index in [-0.39, 0.29) is 5.91 Å². The van der Waals surface area contributed by atoms with E-state index in [4.69, 9.17) is 5.26 Å². The summed E-state index contributed by atoms with van der Waals surface area (Å²) in [5.74, 6) is -0.0961. The summed E-state index contributed by atoms with van der Waals surface area (Å²) in [5, 5.41) is 11.7. The maximum atomic E-state index is 12.0. The van der Waals surface area contributed by atoms with Crippen molar-refractivity contribution in [2.24, 2.45) is 0 Å². The SMILES string of the molecule is Cc1cc(C(=O)NCc2cccc(C#N)c2)sc1Br.